The summed E-state index contributed by atoms with van der Waals surface area (Å²) in [5.74, 6) is 0.693. The van der Waals surface area contributed by atoms with Gasteiger partial charge in [-0.1, -0.05) is 42.5 Å². The van der Waals surface area contributed by atoms with E-state index < -0.39 is 0 Å². The number of hydrogen-bond donors (Lipinski definition) is 4. The van der Waals surface area contributed by atoms with Gasteiger partial charge in [-0.25, -0.2) is 0 Å². The predicted octanol–water partition coefficient (Wildman–Crippen LogP) is 5.35. The molecule has 0 spiro atoms. The Balaban J connectivity index is 1.09. The third-order valence-electron chi connectivity index (χ3n) is 5.66. The monoisotopic (exact) mass is 483 g/mol. The van der Waals surface area contributed by atoms with Gasteiger partial charge < -0.3 is 19.7 Å². The van der Waals surface area contributed by atoms with E-state index in [-0.39, 0.29) is 22.8 Å². The summed E-state index contributed by atoms with van der Waals surface area (Å²) in [7, 11) is 0. The Kier molecular flexibility index (Phi) is 6.48. The number of hydrogen-bond acceptors (Lipinski definition) is 8. The van der Waals surface area contributed by atoms with E-state index in [4.69, 9.17) is 9.47 Å². The van der Waals surface area contributed by atoms with Crippen LogP contribution in [-0.4, -0.2) is 29.2 Å². The second kappa shape index (κ2) is 10.2. The number of hydrazine groups is 2. The zero-order valence-electron chi connectivity index (χ0n) is 19.3. The quantitative estimate of drug-likeness (QED) is 0.187. The van der Waals surface area contributed by atoms with Crippen molar-refractivity contribution in [1.82, 2.24) is 0 Å². The van der Waals surface area contributed by atoms with E-state index in [0.29, 0.717) is 42.4 Å². The molecule has 1 aliphatic heterocycles. The second-order valence-corrected chi connectivity index (χ2v) is 8.18. The van der Waals surface area contributed by atoms with Crippen LogP contribution in [0.2, 0.25) is 0 Å². The number of para-hydroxylation sites is 2. The van der Waals surface area contributed by atoms with Crippen molar-refractivity contribution in [2.24, 2.45) is 0 Å². The van der Waals surface area contributed by atoms with Crippen LogP contribution >= 0.6 is 0 Å². The summed E-state index contributed by atoms with van der Waals surface area (Å²) in [6.07, 6.45) is 0.582. The molecule has 0 amide bonds. The summed E-state index contributed by atoms with van der Waals surface area (Å²) in [6.45, 7) is 0.733. The molecular weight excluding hydrogens is 458 g/mol. The summed E-state index contributed by atoms with van der Waals surface area (Å²) in [4.78, 5) is 12.5. The first-order valence-corrected chi connectivity index (χ1v) is 11.5. The van der Waals surface area contributed by atoms with Crippen LogP contribution in [0.3, 0.4) is 0 Å². The average Bonchev–Trinajstić information content (AvgIpc) is 3.33. The lowest BCUT2D eigenvalue weighted by atomic mass is 10.0. The van der Waals surface area contributed by atoms with Crippen molar-refractivity contribution in [3.63, 3.8) is 0 Å². The fourth-order valence-electron chi connectivity index (χ4n) is 3.83. The van der Waals surface area contributed by atoms with Gasteiger partial charge in [0.25, 0.3) is 0 Å². The molecule has 4 N–H and O–H groups in total. The van der Waals surface area contributed by atoms with Gasteiger partial charge in [-0.15, -0.1) is 0 Å². The van der Waals surface area contributed by atoms with E-state index in [2.05, 4.69) is 10.9 Å². The summed E-state index contributed by atoms with van der Waals surface area (Å²) in [6, 6.07) is 26.3. The van der Waals surface area contributed by atoms with E-state index in [0.717, 1.165) is 11.4 Å². The first-order valence-electron chi connectivity index (χ1n) is 11.5. The minimum Gasteiger partial charge on any atom is -0.507 e. The highest BCUT2D eigenvalue weighted by molar-refractivity contribution is 6.10. The first-order chi connectivity index (χ1) is 17.6. The van der Waals surface area contributed by atoms with Gasteiger partial charge in [0, 0.05) is 24.1 Å². The van der Waals surface area contributed by atoms with Gasteiger partial charge in [-0.05, 0) is 36.4 Å². The van der Waals surface area contributed by atoms with Crippen molar-refractivity contribution < 1.29 is 24.5 Å². The summed E-state index contributed by atoms with van der Waals surface area (Å²) in [5, 5.41) is 22.4. The molecule has 5 rings (SSSR count). The third-order valence-corrected chi connectivity index (χ3v) is 5.66. The highest BCUT2D eigenvalue weighted by Crippen LogP contribution is 2.36. The Morgan fingerprint density at radius 3 is 1.92 bits per heavy atom. The SMILES string of the molecule is O=C(c1ccccc1)c1ccc(OCCCOc2ccc(N3Nc4ccccc4N3)c(O)c2)cc1O. The molecule has 0 saturated carbocycles. The van der Waals surface area contributed by atoms with Crippen LogP contribution in [0.15, 0.2) is 91.0 Å². The van der Waals surface area contributed by atoms with Crippen LogP contribution in [0.5, 0.6) is 23.0 Å². The molecule has 0 fully saturated rings. The topological polar surface area (TPSA) is 103 Å². The highest BCUT2D eigenvalue weighted by Gasteiger charge is 2.20. The molecule has 8 nitrogen and oxygen atoms in total. The largest absolute Gasteiger partial charge is 0.507 e. The first kappa shape index (κ1) is 22.9. The summed E-state index contributed by atoms with van der Waals surface area (Å²) >= 11 is 0. The van der Waals surface area contributed by atoms with Gasteiger partial charge in [0.2, 0.25) is 0 Å². The minimum absolute atomic E-state index is 0.0668. The van der Waals surface area contributed by atoms with Crippen LogP contribution in [-0.2, 0) is 0 Å². The van der Waals surface area contributed by atoms with Crippen molar-refractivity contribution in [2.45, 2.75) is 6.42 Å². The van der Waals surface area contributed by atoms with Crippen LogP contribution < -0.4 is 25.4 Å². The van der Waals surface area contributed by atoms with Crippen molar-refractivity contribution in [1.29, 1.82) is 0 Å². The summed E-state index contributed by atoms with van der Waals surface area (Å²) in [5.41, 5.74) is 9.49. The van der Waals surface area contributed by atoms with Crippen molar-refractivity contribution in [3.05, 3.63) is 102 Å². The number of nitrogens with one attached hydrogen (secondary N) is 2. The van der Waals surface area contributed by atoms with Crippen molar-refractivity contribution >= 4 is 22.8 Å². The maximum Gasteiger partial charge on any atom is 0.196 e. The molecule has 0 aromatic heterocycles. The predicted molar refractivity (Wildman–Crippen MR) is 138 cm³/mol. The molecule has 0 bridgehead atoms. The smallest absolute Gasteiger partial charge is 0.196 e. The number of ether oxygens (including phenoxy) is 2. The molecule has 1 heterocycles. The Labute approximate surface area is 208 Å². The number of benzene rings is 4. The molecule has 0 aliphatic carbocycles. The molecule has 0 unspecified atom stereocenters. The van der Waals surface area contributed by atoms with Gasteiger partial charge in [0.05, 0.1) is 30.2 Å². The molecule has 4 aromatic carbocycles. The van der Waals surface area contributed by atoms with Crippen LogP contribution in [0.1, 0.15) is 22.3 Å². The number of aromatic hydroxyl groups is 2. The highest BCUT2D eigenvalue weighted by atomic mass is 16.5. The zero-order valence-corrected chi connectivity index (χ0v) is 19.3. The van der Waals surface area contributed by atoms with Crippen LogP contribution in [0.4, 0.5) is 17.1 Å². The lowest BCUT2D eigenvalue weighted by Gasteiger charge is -2.20. The molecule has 8 heteroatoms. The van der Waals surface area contributed by atoms with Crippen molar-refractivity contribution in [3.8, 4) is 23.0 Å². The third kappa shape index (κ3) is 4.97. The van der Waals surface area contributed by atoms with E-state index in [1.165, 1.54) is 6.07 Å². The Morgan fingerprint density at radius 2 is 1.31 bits per heavy atom. The zero-order chi connectivity index (χ0) is 24.9. The lowest BCUT2D eigenvalue weighted by molar-refractivity contribution is 0.103. The number of phenolic OH excluding ortho intramolecular Hbond substituents is 2. The minimum atomic E-state index is -0.247. The number of phenols is 2. The Bertz CT molecular complexity index is 1350. The van der Waals surface area contributed by atoms with E-state index in [1.54, 1.807) is 59.7 Å². The second-order valence-electron chi connectivity index (χ2n) is 8.18. The average molecular weight is 484 g/mol. The molecule has 0 radical (unpaired) electrons. The Hall–Kier alpha value is -4.85. The van der Waals surface area contributed by atoms with Gasteiger partial charge >= 0.3 is 0 Å². The standard InChI is InChI=1S/C28H25N3O5/c32-26-17-20(11-13-22(26)28(34)19-7-2-1-3-8-19)35-15-6-16-36-21-12-14-25(27(33)18-21)31-29-23-9-4-5-10-24(23)30-31/h1-5,7-14,17-18,29-30,32-33H,6,15-16H2. The van der Waals surface area contributed by atoms with Gasteiger partial charge in [-0.3, -0.25) is 15.6 Å². The fraction of sp³-hybridized carbons (Fsp3) is 0.107. The molecule has 0 saturated heterocycles. The molecule has 0 atom stereocenters. The van der Waals surface area contributed by atoms with E-state index in [9.17, 15) is 15.0 Å². The number of carbonyl (C=O) groups excluding carboxylic acids is 1. The number of fused-ring (bicyclic) bond motifs is 1. The van der Waals surface area contributed by atoms with E-state index in [1.807, 2.05) is 30.3 Å². The number of nitrogens with zero attached hydrogens (tertiary/aromatic N) is 1. The molecule has 4 aromatic rings. The lowest BCUT2D eigenvalue weighted by Crippen LogP contribution is -2.29. The van der Waals surface area contributed by atoms with E-state index >= 15 is 0 Å². The van der Waals surface area contributed by atoms with Gasteiger partial charge in [0.1, 0.15) is 28.7 Å². The molecule has 36 heavy (non-hydrogen) atoms. The maximum absolute atomic E-state index is 12.5. The number of carbonyl (C=O) groups is 1. The van der Waals surface area contributed by atoms with Gasteiger partial charge in [0.15, 0.2) is 5.78 Å². The number of anilines is 3. The molecular formula is C28H25N3O5. The summed E-state index contributed by atoms with van der Waals surface area (Å²) < 4.78 is 11.4. The van der Waals surface area contributed by atoms with Crippen LogP contribution in [0, 0.1) is 0 Å². The van der Waals surface area contributed by atoms with Crippen LogP contribution in [0.25, 0.3) is 0 Å². The Morgan fingerprint density at radius 1 is 0.722 bits per heavy atom. The maximum atomic E-state index is 12.5. The normalized spacial score (nSPS) is 11.8. The van der Waals surface area contributed by atoms with Gasteiger partial charge in [-0.2, -0.15) is 5.12 Å². The number of ketones is 1. The fourth-order valence-corrected chi connectivity index (χ4v) is 3.83. The molecule has 182 valence electrons. The molecule has 1 aliphatic rings. The van der Waals surface area contributed by atoms with Crippen molar-refractivity contribution in [2.75, 3.05) is 29.2 Å². The number of rotatable bonds is 9.